The van der Waals surface area contributed by atoms with Crippen LogP contribution in [0.3, 0.4) is 0 Å². The van der Waals surface area contributed by atoms with Crippen LogP contribution >= 0.6 is 0 Å². The van der Waals surface area contributed by atoms with Crippen molar-refractivity contribution in [3.8, 4) is 17.2 Å². The number of aromatic hydroxyl groups is 3. The quantitative estimate of drug-likeness (QED) is 0.280. The molecule has 0 aliphatic rings. The minimum Gasteiger partial charge on any atom is -0.508 e. The zero-order valence-corrected chi connectivity index (χ0v) is 15.8. The molecule has 7 nitrogen and oxygen atoms in total. The highest BCUT2D eigenvalue weighted by Gasteiger charge is 2.15. The lowest BCUT2D eigenvalue weighted by molar-refractivity contribution is 0.104. The van der Waals surface area contributed by atoms with Gasteiger partial charge in [0.1, 0.15) is 17.2 Å². The van der Waals surface area contributed by atoms with E-state index in [1.807, 2.05) is 0 Å². The minimum atomic E-state index is -3.88. The van der Waals surface area contributed by atoms with Gasteiger partial charge >= 0.3 is 0 Å². The molecule has 0 bridgehead atoms. The Morgan fingerprint density at radius 3 is 2.24 bits per heavy atom. The SMILES string of the molecule is O=C(/C=C/c1cc(O)ccc1O)c1ccc(NS(=O)(=O)c2cccc(O)c2)cc1. The van der Waals surface area contributed by atoms with Crippen molar-refractivity contribution < 1.29 is 28.5 Å². The van der Waals surface area contributed by atoms with E-state index >= 15 is 0 Å². The second-order valence-corrected chi connectivity index (χ2v) is 7.80. The van der Waals surface area contributed by atoms with Gasteiger partial charge in [-0.2, -0.15) is 0 Å². The van der Waals surface area contributed by atoms with Crippen LogP contribution in [0.1, 0.15) is 15.9 Å². The minimum absolute atomic E-state index is 0.0433. The number of carbonyl (C=O) groups is 1. The van der Waals surface area contributed by atoms with Gasteiger partial charge in [0.15, 0.2) is 5.78 Å². The van der Waals surface area contributed by atoms with Gasteiger partial charge in [-0.05, 0) is 66.7 Å². The lowest BCUT2D eigenvalue weighted by Crippen LogP contribution is -2.12. The highest BCUT2D eigenvalue weighted by atomic mass is 32.2. The van der Waals surface area contributed by atoms with Gasteiger partial charge in [0.25, 0.3) is 10.0 Å². The number of allylic oxidation sites excluding steroid dienone is 1. The summed E-state index contributed by atoms with van der Waals surface area (Å²) in [5.74, 6) is -0.657. The first-order chi connectivity index (χ1) is 13.7. The summed E-state index contributed by atoms with van der Waals surface area (Å²) in [7, 11) is -3.88. The highest BCUT2D eigenvalue weighted by molar-refractivity contribution is 7.92. The van der Waals surface area contributed by atoms with Crippen LogP contribution in [-0.4, -0.2) is 29.5 Å². The van der Waals surface area contributed by atoms with Crippen LogP contribution in [0.15, 0.2) is 77.7 Å². The summed E-state index contributed by atoms with van der Waals surface area (Å²) in [4.78, 5) is 12.2. The van der Waals surface area contributed by atoms with Gasteiger partial charge in [0.05, 0.1) is 4.90 Å². The molecule has 8 heteroatoms. The Morgan fingerprint density at radius 1 is 0.862 bits per heavy atom. The maximum atomic E-state index is 12.3. The van der Waals surface area contributed by atoms with Gasteiger partial charge in [0.2, 0.25) is 0 Å². The molecule has 3 aromatic carbocycles. The summed E-state index contributed by atoms with van der Waals surface area (Å²) in [6.07, 6.45) is 2.61. The Hall–Kier alpha value is -3.78. The number of hydrogen-bond donors (Lipinski definition) is 4. The molecule has 0 fully saturated rings. The van der Waals surface area contributed by atoms with Crippen molar-refractivity contribution in [2.24, 2.45) is 0 Å². The molecule has 3 aromatic rings. The number of hydrogen-bond acceptors (Lipinski definition) is 6. The molecule has 0 unspecified atom stereocenters. The van der Waals surface area contributed by atoms with Gasteiger partial charge in [-0.15, -0.1) is 0 Å². The number of anilines is 1. The summed E-state index contributed by atoms with van der Waals surface area (Å²) in [5, 5.41) is 28.6. The highest BCUT2D eigenvalue weighted by Crippen LogP contribution is 2.24. The average Bonchev–Trinajstić information content (AvgIpc) is 2.69. The standard InChI is InChI=1S/C21H17NO6S/c23-17-2-1-3-19(13-17)29(27,28)22-16-7-4-14(5-8-16)20(25)10-6-15-12-18(24)9-11-21(15)26/h1-13,22-24,26H/b10-6+. The maximum Gasteiger partial charge on any atom is 0.262 e. The average molecular weight is 411 g/mol. The molecule has 0 atom stereocenters. The van der Waals surface area contributed by atoms with Crippen molar-refractivity contribution in [1.82, 2.24) is 0 Å². The third-order valence-electron chi connectivity index (χ3n) is 3.97. The van der Waals surface area contributed by atoms with Crippen molar-refractivity contribution in [2.75, 3.05) is 4.72 Å². The molecule has 0 saturated carbocycles. The normalized spacial score (nSPS) is 11.4. The summed E-state index contributed by atoms with van der Waals surface area (Å²) in [6.45, 7) is 0. The molecule has 148 valence electrons. The van der Waals surface area contributed by atoms with Crippen molar-refractivity contribution in [1.29, 1.82) is 0 Å². The predicted octanol–water partition coefficient (Wildman–Crippen LogP) is 3.50. The molecule has 0 spiro atoms. The zero-order chi connectivity index (χ0) is 21.0. The number of benzene rings is 3. The Kier molecular flexibility index (Phi) is 5.56. The molecule has 4 N–H and O–H groups in total. The number of rotatable bonds is 6. The Morgan fingerprint density at radius 2 is 1.55 bits per heavy atom. The van der Waals surface area contributed by atoms with Gasteiger partial charge in [-0.3, -0.25) is 9.52 Å². The molecular weight excluding hydrogens is 394 g/mol. The van der Waals surface area contributed by atoms with E-state index in [1.165, 1.54) is 72.8 Å². The molecule has 0 saturated heterocycles. The number of carbonyl (C=O) groups excluding carboxylic acids is 1. The van der Waals surface area contributed by atoms with Gasteiger partial charge < -0.3 is 15.3 Å². The molecule has 0 heterocycles. The smallest absolute Gasteiger partial charge is 0.262 e. The fraction of sp³-hybridized carbons (Fsp3) is 0. The fourth-order valence-corrected chi connectivity index (χ4v) is 3.60. The van der Waals surface area contributed by atoms with Gasteiger partial charge in [-0.1, -0.05) is 6.07 Å². The lowest BCUT2D eigenvalue weighted by atomic mass is 10.1. The first-order valence-electron chi connectivity index (χ1n) is 8.41. The third kappa shape index (κ3) is 4.94. The van der Waals surface area contributed by atoms with Gasteiger partial charge in [-0.25, -0.2) is 8.42 Å². The Labute approximate surface area is 167 Å². The van der Waals surface area contributed by atoms with Crippen LogP contribution in [0, 0.1) is 0 Å². The molecular formula is C21H17NO6S. The van der Waals surface area contributed by atoms with E-state index < -0.39 is 10.0 Å². The second-order valence-electron chi connectivity index (χ2n) is 6.12. The van der Waals surface area contributed by atoms with E-state index in [0.29, 0.717) is 5.56 Å². The molecule has 0 aliphatic carbocycles. The molecule has 0 aliphatic heterocycles. The number of nitrogens with one attached hydrogen (secondary N) is 1. The van der Waals surface area contributed by atoms with Crippen molar-refractivity contribution >= 4 is 27.6 Å². The van der Waals surface area contributed by atoms with Crippen molar-refractivity contribution in [3.05, 3.63) is 83.9 Å². The van der Waals surface area contributed by atoms with Crippen LogP contribution in [-0.2, 0) is 10.0 Å². The maximum absolute atomic E-state index is 12.3. The van der Waals surface area contributed by atoms with E-state index in [4.69, 9.17) is 0 Å². The lowest BCUT2D eigenvalue weighted by Gasteiger charge is -2.08. The van der Waals surface area contributed by atoms with Crippen LogP contribution < -0.4 is 4.72 Å². The van der Waals surface area contributed by atoms with E-state index in [-0.39, 0.29) is 39.2 Å². The Balaban J connectivity index is 1.73. The van der Waals surface area contributed by atoms with Gasteiger partial charge in [0, 0.05) is 22.9 Å². The molecule has 3 rings (SSSR count). The summed E-state index contributed by atoms with van der Waals surface area (Å²) in [5.41, 5.74) is 0.842. The summed E-state index contributed by atoms with van der Waals surface area (Å²) in [6, 6.07) is 15.0. The van der Waals surface area contributed by atoms with Crippen LogP contribution in [0.5, 0.6) is 17.2 Å². The predicted molar refractivity (Wildman–Crippen MR) is 108 cm³/mol. The third-order valence-corrected chi connectivity index (χ3v) is 5.35. The molecule has 0 radical (unpaired) electrons. The largest absolute Gasteiger partial charge is 0.508 e. The van der Waals surface area contributed by atoms with E-state index in [1.54, 1.807) is 0 Å². The van der Waals surface area contributed by atoms with Crippen LogP contribution in [0.4, 0.5) is 5.69 Å². The second kappa shape index (κ2) is 8.07. The number of ketones is 1. The fourth-order valence-electron chi connectivity index (χ4n) is 2.50. The Bertz CT molecular complexity index is 1180. The topological polar surface area (TPSA) is 124 Å². The molecule has 0 amide bonds. The summed E-state index contributed by atoms with van der Waals surface area (Å²) >= 11 is 0. The number of sulfonamides is 1. The number of phenols is 3. The van der Waals surface area contributed by atoms with E-state index in [9.17, 15) is 28.5 Å². The first-order valence-corrected chi connectivity index (χ1v) is 9.89. The van der Waals surface area contributed by atoms with E-state index in [2.05, 4.69) is 4.72 Å². The molecule has 0 aromatic heterocycles. The number of phenolic OH excluding ortho intramolecular Hbond substituents is 3. The van der Waals surface area contributed by atoms with Crippen LogP contribution in [0.2, 0.25) is 0 Å². The van der Waals surface area contributed by atoms with Crippen molar-refractivity contribution in [2.45, 2.75) is 4.90 Å². The first kappa shape index (κ1) is 20.0. The van der Waals surface area contributed by atoms with Crippen LogP contribution in [0.25, 0.3) is 6.08 Å². The monoisotopic (exact) mass is 411 g/mol. The zero-order valence-electron chi connectivity index (χ0n) is 15.0. The van der Waals surface area contributed by atoms with Crippen molar-refractivity contribution in [3.63, 3.8) is 0 Å². The van der Waals surface area contributed by atoms with E-state index in [0.717, 1.165) is 6.07 Å². The molecule has 29 heavy (non-hydrogen) atoms. The summed E-state index contributed by atoms with van der Waals surface area (Å²) < 4.78 is 27.1.